The summed E-state index contributed by atoms with van der Waals surface area (Å²) >= 11 is 0. The Morgan fingerprint density at radius 2 is 1.76 bits per heavy atom. The minimum Gasteiger partial charge on any atom is -0.370 e. The molecule has 0 aliphatic heterocycles. The summed E-state index contributed by atoms with van der Waals surface area (Å²) in [6, 6.07) is 6.02. The normalized spacial score (nSPS) is 11.6. The van der Waals surface area contributed by atoms with Crippen LogP contribution in [0.1, 0.15) is 34.6 Å². The Hall–Kier alpha value is -1.25. The maximum absolute atomic E-state index is 4.50. The molecule has 17 heavy (non-hydrogen) atoms. The van der Waals surface area contributed by atoms with Crippen molar-refractivity contribution in [2.75, 3.05) is 23.7 Å². The van der Waals surface area contributed by atoms with Crippen LogP contribution < -0.4 is 10.6 Å². The summed E-state index contributed by atoms with van der Waals surface area (Å²) in [5.41, 5.74) is 0.274. The number of anilines is 2. The van der Waals surface area contributed by atoms with Crippen LogP contribution in [0.5, 0.6) is 0 Å². The molecule has 0 spiro atoms. The van der Waals surface area contributed by atoms with Crippen LogP contribution in [0.15, 0.2) is 18.2 Å². The van der Waals surface area contributed by atoms with E-state index in [1.807, 2.05) is 18.2 Å². The van der Waals surface area contributed by atoms with Crippen LogP contribution in [0.3, 0.4) is 0 Å². The standard InChI is InChI=1S/C14H25N3/c1-6-15-12-8-7-9-13(17-12)16-10-14(4,5)11(2)3/h7-9,11H,6,10H2,1-5H3,(H2,15,16,17). The van der Waals surface area contributed by atoms with E-state index in [4.69, 9.17) is 0 Å². The highest BCUT2D eigenvalue weighted by Crippen LogP contribution is 2.26. The van der Waals surface area contributed by atoms with Crippen LogP contribution in [0.25, 0.3) is 0 Å². The molecular formula is C14H25N3. The van der Waals surface area contributed by atoms with Gasteiger partial charge in [0, 0.05) is 13.1 Å². The van der Waals surface area contributed by atoms with Crippen LogP contribution in [0, 0.1) is 11.3 Å². The van der Waals surface area contributed by atoms with E-state index in [-0.39, 0.29) is 5.41 Å². The number of pyridine rings is 1. The predicted molar refractivity (Wildman–Crippen MR) is 75.5 cm³/mol. The van der Waals surface area contributed by atoms with Gasteiger partial charge in [0.2, 0.25) is 0 Å². The molecule has 96 valence electrons. The largest absolute Gasteiger partial charge is 0.370 e. The Morgan fingerprint density at radius 1 is 1.18 bits per heavy atom. The summed E-state index contributed by atoms with van der Waals surface area (Å²) < 4.78 is 0. The van der Waals surface area contributed by atoms with Crippen molar-refractivity contribution in [3.63, 3.8) is 0 Å². The number of nitrogens with zero attached hydrogens (tertiary/aromatic N) is 1. The molecule has 1 rings (SSSR count). The molecule has 0 radical (unpaired) electrons. The van der Waals surface area contributed by atoms with E-state index < -0.39 is 0 Å². The molecule has 0 bridgehead atoms. The molecule has 1 aromatic heterocycles. The van der Waals surface area contributed by atoms with E-state index in [1.54, 1.807) is 0 Å². The van der Waals surface area contributed by atoms with Crippen molar-refractivity contribution in [1.82, 2.24) is 4.98 Å². The first-order valence-corrected chi connectivity index (χ1v) is 6.40. The van der Waals surface area contributed by atoms with Gasteiger partial charge < -0.3 is 10.6 Å². The van der Waals surface area contributed by atoms with Gasteiger partial charge in [-0.05, 0) is 30.4 Å². The zero-order valence-corrected chi connectivity index (χ0v) is 11.7. The second-order valence-corrected chi connectivity index (χ2v) is 5.44. The second-order valence-electron chi connectivity index (χ2n) is 5.44. The summed E-state index contributed by atoms with van der Waals surface area (Å²) in [6.45, 7) is 13.0. The molecule has 3 heteroatoms. The van der Waals surface area contributed by atoms with Crippen molar-refractivity contribution in [2.45, 2.75) is 34.6 Å². The summed E-state index contributed by atoms with van der Waals surface area (Å²) in [4.78, 5) is 4.50. The van der Waals surface area contributed by atoms with Crippen molar-refractivity contribution >= 4 is 11.6 Å². The topological polar surface area (TPSA) is 37.0 Å². The molecule has 0 amide bonds. The number of rotatable bonds is 6. The SMILES string of the molecule is CCNc1cccc(NCC(C)(C)C(C)C)n1. The fraction of sp³-hybridized carbons (Fsp3) is 0.643. The highest BCUT2D eigenvalue weighted by Gasteiger charge is 2.21. The number of nitrogens with one attached hydrogen (secondary N) is 2. The van der Waals surface area contributed by atoms with Crippen LogP contribution in [0.4, 0.5) is 11.6 Å². The van der Waals surface area contributed by atoms with Gasteiger partial charge in [0.1, 0.15) is 11.6 Å². The average Bonchev–Trinajstić information content (AvgIpc) is 2.27. The zero-order chi connectivity index (χ0) is 12.9. The maximum atomic E-state index is 4.50. The number of hydrogen-bond donors (Lipinski definition) is 2. The van der Waals surface area contributed by atoms with Gasteiger partial charge in [0.05, 0.1) is 0 Å². The molecule has 2 N–H and O–H groups in total. The smallest absolute Gasteiger partial charge is 0.128 e. The molecule has 3 nitrogen and oxygen atoms in total. The third-order valence-corrected chi connectivity index (χ3v) is 3.40. The van der Waals surface area contributed by atoms with Crippen LogP contribution >= 0.6 is 0 Å². The Kier molecular flexibility index (Phi) is 4.79. The summed E-state index contributed by atoms with van der Waals surface area (Å²) in [5.74, 6) is 2.52. The van der Waals surface area contributed by atoms with Crippen molar-refractivity contribution in [3.8, 4) is 0 Å². The lowest BCUT2D eigenvalue weighted by Crippen LogP contribution is -2.28. The Bertz CT molecular complexity index is 345. The fourth-order valence-electron chi connectivity index (χ4n) is 1.34. The van der Waals surface area contributed by atoms with Crippen molar-refractivity contribution < 1.29 is 0 Å². The zero-order valence-electron chi connectivity index (χ0n) is 11.7. The quantitative estimate of drug-likeness (QED) is 0.791. The molecule has 0 atom stereocenters. The van der Waals surface area contributed by atoms with Gasteiger partial charge in [0.25, 0.3) is 0 Å². The Labute approximate surface area is 105 Å². The monoisotopic (exact) mass is 235 g/mol. The summed E-state index contributed by atoms with van der Waals surface area (Å²) in [5, 5.41) is 6.63. The van der Waals surface area contributed by atoms with Crippen LogP contribution in [0.2, 0.25) is 0 Å². The molecule has 0 saturated heterocycles. The van der Waals surface area contributed by atoms with E-state index in [9.17, 15) is 0 Å². The van der Waals surface area contributed by atoms with Gasteiger partial charge in [-0.1, -0.05) is 33.8 Å². The van der Waals surface area contributed by atoms with Gasteiger partial charge in [-0.2, -0.15) is 0 Å². The van der Waals surface area contributed by atoms with E-state index in [1.165, 1.54) is 0 Å². The van der Waals surface area contributed by atoms with Crippen LogP contribution in [-0.4, -0.2) is 18.1 Å². The minimum absolute atomic E-state index is 0.274. The summed E-state index contributed by atoms with van der Waals surface area (Å²) in [7, 11) is 0. The van der Waals surface area contributed by atoms with Crippen molar-refractivity contribution in [1.29, 1.82) is 0 Å². The van der Waals surface area contributed by atoms with Gasteiger partial charge in [-0.15, -0.1) is 0 Å². The molecule has 0 fully saturated rings. The molecule has 0 aliphatic rings. The fourth-order valence-corrected chi connectivity index (χ4v) is 1.34. The Morgan fingerprint density at radius 3 is 2.29 bits per heavy atom. The second kappa shape index (κ2) is 5.89. The molecular weight excluding hydrogens is 210 g/mol. The van der Waals surface area contributed by atoms with Gasteiger partial charge in [0.15, 0.2) is 0 Å². The number of aromatic nitrogens is 1. The maximum Gasteiger partial charge on any atom is 0.128 e. The van der Waals surface area contributed by atoms with Gasteiger partial charge in [-0.25, -0.2) is 4.98 Å². The lowest BCUT2D eigenvalue weighted by Gasteiger charge is -2.29. The van der Waals surface area contributed by atoms with Gasteiger partial charge >= 0.3 is 0 Å². The third kappa shape index (κ3) is 4.25. The minimum atomic E-state index is 0.274. The molecule has 0 saturated carbocycles. The molecule has 0 aliphatic carbocycles. The lowest BCUT2D eigenvalue weighted by atomic mass is 9.81. The van der Waals surface area contributed by atoms with E-state index in [2.05, 4.69) is 50.2 Å². The van der Waals surface area contributed by atoms with Gasteiger partial charge in [-0.3, -0.25) is 0 Å². The van der Waals surface area contributed by atoms with Crippen molar-refractivity contribution in [3.05, 3.63) is 18.2 Å². The first-order valence-electron chi connectivity index (χ1n) is 6.40. The first kappa shape index (κ1) is 13.8. The predicted octanol–water partition coefficient (Wildman–Crippen LogP) is 3.61. The van der Waals surface area contributed by atoms with E-state index >= 15 is 0 Å². The van der Waals surface area contributed by atoms with Crippen molar-refractivity contribution in [2.24, 2.45) is 11.3 Å². The van der Waals surface area contributed by atoms with Crippen LogP contribution in [-0.2, 0) is 0 Å². The highest BCUT2D eigenvalue weighted by molar-refractivity contribution is 5.45. The Balaban J connectivity index is 2.60. The summed E-state index contributed by atoms with van der Waals surface area (Å²) in [6.07, 6.45) is 0. The molecule has 1 aromatic rings. The average molecular weight is 235 g/mol. The first-order chi connectivity index (χ1) is 7.95. The number of hydrogen-bond acceptors (Lipinski definition) is 3. The van der Waals surface area contributed by atoms with E-state index in [0.29, 0.717) is 5.92 Å². The third-order valence-electron chi connectivity index (χ3n) is 3.40. The highest BCUT2D eigenvalue weighted by atomic mass is 15.1. The lowest BCUT2D eigenvalue weighted by molar-refractivity contribution is 0.269. The molecule has 0 aromatic carbocycles. The molecule has 1 heterocycles. The van der Waals surface area contributed by atoms with E-state index in [0.717, 1.165) is 24.7 Å². The molecule has 0 unspecified atom stereocenters.